The van der Waals surface area contributed by atoms with E-state index in [1.165, 1.54) is 18.2 Å². The first-order chi connectivity index (χ1) is 9.08. The highest BCUT2D eigenvalue weighted by Gasteiger charge is 2.08. The molecule has 0 atom stereocenters. The van der Waals surface area contributed by atoms with E-state index in [0.29, 0.717) is 11.1 Å². The first-order valence-corrected chi connectivity index (χ1v) is 5.85. The minimum atomic E-state index is -0.379. The number of nitrogens with zero attached hydrogens (tertiary/aromatic N) is 3. The number of aromatic nitrogens is 2. The average molecular weight is 293 g/mol. The van der Waals surface area contributed by atoms with Gasteiger partial charge in [0.1, 0.15) is 11.0 Å². The molecule has 0 aliphatic carbocycles. The van der Waals surface area contributed by atoms with Crippen molar-refractivity contribution >= 4 is 34.9 Å². The third-order valence-electron chi connectivity index (χ3n) is 2.19. The predicted molar refractivity (Wildman–Crippen MR) is 71.2 cm³/mol. The second-order valence-electron chi connectivity index (χ2n) is 3.49. The van der Waals surface area contributed by atoms with E-state index in [-0.39, 0.29) is 22.2 Å². The summed E-state index contributed by atoms with van der Waals surface area (Å²) < 4.78 is 0. The summed E-state index contributed by atoms with van der Waals surface area (Å²) in [6.45, 7) is 0. The van der Waals surface area contributed by atoms with Crippen LogP contribution < -0.4 is 5.32 Å². The lowest BCUT2D eigenvalue weighted by atomic mass is 10.1. The fraction of sp³-hybridized carbons (Fsp3) is 0. The molecule has 1 aromatic carbocycles. The van der Waals surface area contributed by atoms with Crippen LogP contribution in [0.15, 0.2) is 30.3 Å². The Morgan fingerprint density at radius 3 is 2.47 bits per heavy atom. The van der Waals surface area contributed by atoms with Crippen LogP contribution in [0.5, 0.6) is 0 Å². The number of carbonyl (C=O) groups is 1. The number of rotatable bonds is 2. The molecule has 1 amide bonds. The fourth-order valence-electron chi connectivity index (χ4n) is 1.34. The number of carbonyl (C=O) groups excluding carboxylic acids is 1. The SMILES string of the molecule is N#Cc1ccc(C(=O)Nc2cc(Cl)nc(Cl)n2)cc1. The van der Waals surface area contributed by atoms with Crippen molar-refractivity contribution < 1.29 is 4.79 Å². The monoisotopic (exact) mass is 292 g/mol. The van der Waals surface area contributed by atoms with Crippen molar-refractivity contribution in [2.24, 2.45) is 0 Å². The standard InChI is InChI=1S/C12H6Cl2N4O/c13-9-5-10(18-12(14)16-9)17-11(19)8-3-1-7(6-15)2-4-8/h1-5H,(H,16,17,18,19). The Labute approximate surface area is 118 Å². The molecular formula is C12H6Cl2N4O. The van der Waals surface area contributed by atoms with E-state index in [2.05, 4.69) is 15.3 Å². The van der Waals surface area contributed by atoms with Crippen LogP contribution in [-0.4, -0.2) is 15.9 Å². The van der Waals surface area contributed by atoms with E-state index in [1.54, 1.807) is 12.1 Å². The number of halogens is 2. The Kier molecular flexibility index (Phi) is 3.95. The van der Waals surface area contributed by atoms with Gasteiger partial charge in [-0.1, -0.05) is 11.6 Å². The summed E-state index contributed by atoms with van der Waals surface area (Å²) in [7, 11) is 0. The summed E-state index contributed by atoms with van der Waals surface area (Å²) in [4.78, 5) is 19.4. The average Bonchev–Trinajstić information content (AvgIpc) is 2.37. The Morgan fingerprint density at radius 2 is 1.89 bits per heavy atom. The minimum absolute atomic E-state index is 0.0531. The van der Waals surface area contributed by atoms with Crippen molar-refractivity contribution in [3.8, 4) is 6.07 Å². The highest BCUT2D eigenvalue weighted by atomic mass is 35.5. The van der Waals surface area contributed by atoms with Crippen LogP contribution in [0, 0.1) is 11.3 Å². The molecule has 0 radical (unpaired) electrons. The summed E-state index contributed by atoms with van der Waals surface area (Å²) in [5.74, 6) is -0.172. The number of nitrogens with one attached hydrogen (secondary N) is 1. The van der Waals surface area contributed by atoms with E-state index in [1.807, 2.05) is 6.07 Å². The topological polar surface area (TPSA) is 78.7 Å². The van der Waals surface area contributed by atoms with E-state index in [4.69, 9.17) is 28.5 Å². The zero-order valence-electron chi connectivity index (χ0n) is 9.39. The molecule has 0 saturated carbocycles. The molecule has 2 rings (SSSR count). The number of hydrogen-bond donors (Lipinski definition) is 1. The van der Waals surface area contributed by atoms with E-state index < -0.39 is 0 Å². The number of benzene rings is 1. The van der Waals surface area contributed by atoms with E-state index in [9.17, 15) is 4.79 Å². The predicted octanol–water partition coefficient (Wildman–Crippen LogP) is 2.91. The molecule has 0 saturated heterocycles. The lowest BCUT2D eigenvalue weighted by Crippen LogP contribution is -2.13. The quantitative estimate of drug-likeness (QED) is 0.682. The summed E-state index contributed by atoms with van der Waals surface area (Å²) >= 11 is 11.3. The maximum absolute atomic E-state index is 11.9. The molecule has 1 N–H and O–H groups in total. The summed E-state index contributed by atoms with van der Waals surface area (Å²) in [5.41, 5.74) is 0.870. The van der Waals surface area contributed by atoms with Gasteiger partial charge in [-0.05, 0) is 35.9 Å². The third kappa shape index (κ3) is 3.41. The number of anilines is 1. The van der Waals surface area contributed by atoms with Gasteiger partial charge in [0.15, 0.2) is 0 Å². The van der Waals surface area contributed by atoms with Crippen LogP contribution in [0.3, 0.4) is 0 Å². The molecule has 0 unspecified atom stereocenters. The van der Waals surface area contributed by atoms with Crippen molar-refractivity contribution in [2.45, 2.75) is 0 Å². The molecule has 0 fully saturated rings. The number of hydrogen-bond acceptors (Lipinski definition) is 4. The molecule has 0 aliphatic rings. The minimum Gasteiger partial charge on any atom is -0.306 e. The van der Waals surface area contributed by atoms with Crippen LogP contribution >= 0.6 is 23.2 Å². The van der Waals surface area contributed by atoms with Crippen molar-refractivity contribution in [1.82, 2.24) is 9.97 Å². The van der Waals surface area contributed by atoms with Crippen LogP contribution in [0.4, 0.5) is 5.82 Å². The molecule has 94 valence electrons. The normalized spacial score (nSPS) is 9.74. The number of nitriles is 1. The van der Waals surface area contributed by atoms with Crippen LogP contribution in [0.25, 0.3) is 0 Å². The van der Waals surface area contributed by atoms with Gasteiger partial charge in [-0.15, -0.1) is 0 Å². The second-order valence-corrected chi connectivity index (χ2v) is 4.21. The summed E-state index contributed by atoms with van der Waals surface area (Å²) in [6.07, 6.45) is 0. The molecule has 1 aromatic heterocycles. The second kappa shape index (κ2) is 5.65. The van der Waals surface area contributed by atoms with Gasteiger partial charge in [-0.2, -0.15) is 5.26 Å². The summed E-state index contributed by atoms with van der Waals surface area (Å²) in [6, 6.07) is 9.54. The number of amides is 1. The Bertz CT molecular complexity index is 644. The summed E-state index contributed by atoms with van der Waals surface area (Å²) in [5, 5.41) is 11.3. The first-order valence-electron chi connectivity index (χ1n) is 5.10. The van der Waals surface area contributed by atoms with E-state index in [0.717, 1.165) is 0 Å². The van der Waals surface area contributed by atoms with Crippen LogP contribution in [0.1, 0.15) is 15.9 Å². The first kappa shape index (κ1) is 13.3. The molecule has 0 bridgehead atoms. The molecule has 0 spiro atoms. The molecule has 19 heavy (non-hydrogen) atoms. The third-order valence-corrected chi connectivity index (χ3v) is 2.55. The van der Waals surface area contributed by atoms with Crippen molar-refractivity contribution in [3.05, 3.63) is 51.9 Å². The van der Waals surface area contributed by atoms with E-state index >= 15 is 0 Å². The van der Waals surface area contributed by atoms with Gasteiger partial charge in [0, 0.05) is 11.6 Å². The van der Waals surface area contributed by atoms with Crippen LogP contribution in [0.2, 0.25) is 10.4 Å². The van der Waals surface area contributed by atoms with Gasteiger partial charge in [-0.3, -0.25) is 4.79 Å². The van der Waals surface area contributed by atoms with Crippen molar-refractivity contribution in [1.29, 1.82) is 5.26 Å². The zero-order valence-corrected chi connectivity index (χ0v) is 10.9. The molecule has 0 aliphatic heterocycles. The van der Waals surface area contributed by atoms with Gasteiger partial charge in [-0.25, -0.2) is 9.97 Å². The van der Waals surface area contributed by atoms with Gasteiger partial charge in [0.05, 0.1) is 11.6 Å². The highest BCUT2D eigenvalue weighted by Crippen LogP contribution is 2.15. The fourth-order valence-corrected chi connectivity index (χ4v) is 1.75. The molecule has 7 heteroatoms. The maximum Gasteiger partial charge on any atom is 0.256 e. The maximum atomic E-state index is 11.9. The Hall–Kier alpha value is -2.16. The lowest BCUT2D eigenvalue weighted by Gasteiger charge is -2.04. The van der Waals surface area contributed by atoms with Gasteiger partial charge in [0.2, 0.25) is 5.28 Å². The lowest BCUT2D eigenvalue weighted by molar-refractivity contribution is 0.102. The van der Waals surface area contributed by atoms with Gasteiger partial charge < -0.3 is 5.32 Å². The van der Waals surface area contributed by atoms with Gasteiger partial charge >= 0.3 is 0 Å². The molecular weight excluding hydrogens is 287 g/mol. The van der Waals surface area contributed by atoms with Crippen molar-refractivity contribution in [3.63, 3.8) is 0 Å². The largest absolute Gasteiger partial charge is 0.306 e. The van der Waals surface area contributed by atoms with Crippen LogP contribution in [-0.2, 0) is 0 Å². The zero-order chi connectivity index (χ0) is 13.8. The molecule has 2 aromatic rings. The van der Waals surface area contributed by atoms with Crippen molar-refractivity contribution in [2.75, 3.05) is 5.32 Å². The van der Waals surface area contributed by atoms with Gasteiger partial charge in [0.25, 0.3) is 5.91 Å². The highest BCUT2D eigenvalue weighted by molar-refractivity contribution is 6.32. The Balaban J connectivity index is 2.18. The molecule has 5 nitrogen and oxygen atoms in total. The Morgan fingerprint density at radius 1 is 1.21 bits per heavy atom. The molecule has 1 heterocycles. The smallest absolute Gasteiger partial charge is 0.256 e.